The van der Waals surface area contributed by atoms with E-state index in [-0.39, 0.29) is 22.0 Å². The molecule has 10 heteroatoms. The molecule has 5 aromatic rings. The number of carbonyl (C=O) groups excluding carboxylic acids is 2. The van der Waals surface area contributed by atoms with Crippen LogP contribution in [0.25, 0.3) is 16.0 Å². The molecule has 0 spiro atoms. The Labute approximate surface area is 249 Å². The average molecular weight is 595 g/mol. The first-order chi connectivity index (χ1) is 21.0. The number of aromatic nitrogens is 1. The molecule has 0 aliphatic carbocycles. The number of nitrogens with zero attached hydrogens (tertiary/aromatic N) is 2. The molecule has 0 bridgehead atoms. The Morgan fingerprint density at radius 3 is 2.60 bits per heavy atom. The fraction of sp³-hybridized carbons (Fsp3) is 0.121. The van der Waals surface area contributed by atoms with E-state index < -0.39 is 23.5 Å². The molecule has 1 atom stereocenters. The van der Waals surface area contributed by atoms with E-state index in [0.29, 0.717) is 52.8 Å². The topological polar surface area (TPSA) is 98.2 Å². The molecule has 43 heavy (non-hydrogen) atoms. The Bertz CT molecular complexity index is 1920. The first-order valence-corrected chi connectivity index (χ1v) is 14.3. The van der Waals surface area contributed by atoms with Crippen molar-refractivity contribution in [3.05, 3.63) is 119 Å². The molecule has 4 aromatic carbocycles. The number of benzene rings is 4. The summed E-state index contributed by atoms with van der Waals surface area (Å²) in [5, 5.41) is 11.8. The van der Waals surface area contributed by atoms with E-state index in [9.17, 15) is 19.1 Å². The third-order valence-corrected chi connectivity index (χ3v) is 8.24. The van der Waals surface area contributed by atoms with E-state index >= 15 is 0 Å². The summed E-state index contributed by atoms with van der Waals surface area (Å²) >= 11 is 1.08. The van der Waals surface area contributed by atoms with Gasteiger partial charge >= 0.3 is 5.91 Å². The van der Waals surface area contributed by atoms with Gasteiger partial charge in [0.2, 0.25) is 0 Å². The Morgan fingerprint density at radius 2 is 1.77 bits per heavy atom. The number of thiazole rings is 1. The first kappa shape index (κ1) is 26.7. The number of aliphatic hydroxyl groups excluding tert-OH is 1. The number of ketones is 1. The molecule has 8 nitrogen and oxygen atoms in total. The second-order valence-corrected chi connectivity index (χ2v) is 11.0. The predicted molar refractivity (Wildman–Crippen MR) is 159 cm³/mol. The van der Waals surface area contributed by atoms with Crippen molar-refractivity contribution in [1.82, 2.24) is 4.98 Å². The summed E-state index contributed by atoms with van der Waals surface area (Å²) in [5.41, 5.74) is 2.14. The maximum Gasteiger partial charge on any atom is 0.301 e. The largest absolute Gasteiger partial charge is 0.507 e. The van der Waals surface area contributed by atoms with Crippen LogP contribution in [-0.2, 0) is 16.2 Å². The quantitative estimate of drug-likeness (QED) is 0.138. The van der Waals surface area contributed by atoms with Gasteiger partial charge in [-0.3, -0.25) is 14.5 Å². The lowest BCUT2D eigenvalue weighted by Crippen LogP contribution is -2.29. The third-order valence-electron chi connectivity index (χ3n) is 7.23. The van der Waals surface area contributed by atoms with Crippen LogP contribution in [0.2, 0.25) is 0 Å². The molecule has 3 heterocycles. The number of halogens is 1. The number of fused-ring (bicyclic) bond motifs is 2. The average Bonchev–Trinajstić information content (AvgIpc) is 3.57. The smallest absolute Gasteiger partial charge is 0.301 e. The minimum atomic E-state index is -1.04. The van der Waals surface area contributed by atoms with Crippen molar-refractivity contribution in [2.75, 3.05) is 18.1 Å². The fourth-order valence-electron chi connectivity index (χ4n) is 5.20. The van der Waals surface area contributed by atoms with E-state index in [0.717, 1.165) is 16.9 Å². The van der Waals surface area contributed by atoms with Gasteiger partial charge in [0.1, 0.15) is 37.1 Å². The second kappa shape index (κ2) is 10.9. The van der Waals surface area contributed by atoms with Crippen LogP contribution in [0.4, 0.5) is 9.52 Å². The number of amides is 1. The molecule has 1 fully saturated rings. The van der Waals surface area contributed by atoms with Crippen LogP contribution in [0.3, 0.4) is 0 Å². The molecule has 1 unspecified atom stereocenters. The minimum Gasteiger partial charge on any atom is -0.507 e. The molecule has 1 amide bonds. The van der Waals surface area contributed by atoms with Gasteiger partial charge in [0.25, 0.3) is 5.78 Å². The lowest BCUT2D eigenvalue weighted by Gasteiger charge is -2.24. The Balaban J connectivity index is 1.35. The van der Waals surface area contributed by atoms with Gasteiger partial charge in [0.15, 0.2) is 16.6 Å². The van der Waals surface area contributed by atoms with Crippen LogP contribution < -0.4 is 19.1 Å². The molecule has 2 aliphatic heterocycles. The van der Waals surface area contributed by atoms with Crippen molar-refractivity contribution in [3.8, 4) is 17.2 Å². The zero-order valence-electron chi connectivity index (χ0n) is 22.5. The van der Waals surface area contributed by atoms with Gasteiger partial charge in [-0.2, -0.15) is 0 Å². The van der Waals surface area contributed by atoms with Crippen molar-refractivity contribution in [2.45, 2.75) is 12.6 Å². The van der Waals surface area contributed by atoms with Gasteiger partial charge in [-0.25, -0.2) is 9.37 Å². The van der Waals surface area contributed by atoms with Gasteiger partial charge in [0, 0.05) is 5.56 Å². The van der Waals surface area contributed by atoms with Crippen LogP contribution in [0.5, 0.6) is 17.2 Å². The number of aliphatic hydroxyl groups is 1. The summed E-state index contributed by atoms with van der Waals surface area (Å²) in [6, 6.07) is 24.6. The standard InChI is InChI=1S/C33H23FN2O6S/c34-22-10-11-24-27(17-22)43-33(35-24)36-29(20-7-4-8-23(15-20)42-18-19-5-2-1-3-6-19)28(31(38)32(36)39)30(37)21-9-12-25-26(16-21)41-14-13-40-25/h1-12,15-17,29,37H,13-14,18H2/b30-28+. The number of Topliss-reactive ketones (excluding diaryl/α,β-unsaturated/α-hetero) is 1. The molecular weight excluding hydrogens is 571 g/mol. The number of hydrogen-bond acceptors (Lipinski definition) is 8. The summed E-state index contributed by atoms with van der Waals surface area (Å²) in [5.74, 6) is -1.10. The summed E-state index contributed by atoms with van der Waals surface area (Å²) in [4.78, 5) is 33.1. The van der Waals surface area contributed by atoms with Crippen LogP contribution >= 0.6 is 11.3 Å². The van der Waals surface area contributed by atoms with E-state index in [4.69, 9.17) is 14.2 Å². The highest BCUT2D eigenvalue weighted by Crippen LogP contribution is 2.45. The fourth-order valence-corrected chi connectivity index (χ4v) is 6.21. The molecule has 1 N–H and O–H groups in total. The van der Waals surface area contributed by atoms with E-state index in [1.165, 1.54) is 23.1 Å². The van der Waals surface area contributed by atoms with Crippen molar-refractivity contribution in [3.63, 3.8) is 0 Å². The van der Waals surface area contributed by atoms with Gasteiger partial charge in [-0.05, 0) is 59.7 Å². The predicted octanol–water partition coefficient (Wildman–Crippen LogP) is 6.41. The maximum atomic E-state index is 14.0. The molecule has 0 saturated carbocycles. The minimum absolute atomic E-state index is 0.118. The zero-order chi connectivity index (χ0) is 29.5. The van der Waals surface area contributed by atoms with Crippen molar-refractivity contribution < 1.29 is 33.3 Å². The first-order valence-electron chi connectivity index (χ1n) is 13.5. The molecule has 214 valence electrons. The number of ether oxygens (including phenoxy) is 3. The van der Waals surface area contributed by atoms with Crippen molar-refractivity contribution in [2.24, 2.45) is 0 Å². The number of carbonyl (C=O) groups is 2. The summed E-state index contributed by atoms with van der Waals surface area (Å²) in [6.07, 6.45) is 0. The Morgan fingerprint density at radius 1 is 0.953 bits per heavy atom. The summed E-state index contributed by atoms with van der Waals surface area (Å²) < 4.78 is 31.8. The number of anilines is 1. The summed E-state index contributed by atoms with van der Waals surface area (Å²) in [6.45, 7) is 1.05. The summed E-state index contributed by atoms with van der Waals surface area (Å²) in [7, 11) is 0. The van der Waals surface area contributed by atoms with Gasteiger partial charge in [0.05, 0.1) is 21.8 Å². The van der Waals surface area contributed by atoms with Gasteiger partial charge in [-0.15, -0.1) is 0 Å². The number of hydrogen-bond donors (Lipinski definition) is 1. The highest BCUT2D eigenvalue weighted by atomic mass is 32.1. The van der Waals surface area contributed by atoms with Crippen LogP contribution in [0, 0.1) is 5.82 Å². The van der Waals surface area contributed by atoms with Crippen LogP contribution in [-0.4, -0.2) is 35.0 Å². The maximum absolute atomic E-state index is 14.0. The lowest BCUT2D eigenvalue weighted by molar-refractivity contribution is -0.132. The monoisotopic (exact) mass is 594 g/mol. The Kier molecular flexibility index (Phi) is 6.75. The van der Waals surface area contributed by atoms with Gasteiger partial charge < -0.3 is 19.3 Å². The molecule has 2 aliphatic rings. The normalized spacial score (nSPS) is 17.4. The molecular formula is C33H23FN2O6S. The highest BCUT2D eigenvalue weighted by Gasteiger charge is 2.48. The van der Waals surface area contributed by atoms with E-state index in [2.05, 4.69) is 4.98 Å². The van der Waals surface area contributed by atoms with Crippen molar-refractivity contribution >= 4 is 44.1 Å². The zero-order valence-corrected chi connectivity index (χ0v) is 23.3. The van der Waals surface area contributed by atoms with Crippen LogP contribution in [0.15, 0.2) is 96.6 Å². The molecule has 1 aromatic heterocycles. The molecule has 7 rings (SSSR count). The number of rotatable bonds is 6. The second-order valence-electron chi connectivity index (χ2n) is 9.98. The Hall–Kier alpha value is -5.22. The van der Waals surface area contributed by atoms with Crippen molar-refractivity contribution in [1.29, 1.82) is 0 Å². The SMILES string of the molecule is O=C1C(=O)N(c2nc3ccc(F)cc3s2)C(c2cccc(OCc3ccccc3)c2)/C1=C(\O)c1ccc2c(c1)OCCO2. The third kappa shape index (κ3) is 4.95. The van der Waals surface area contributed by atoms with E-state index in [1.807, 2.05) is 30.3 Å². The highest BCUT2D eigenvalue weighted by molar-refractivity contribution is 7.22. The molecule has 0 radical (unpaired) electrons. The van der Waals surface area contributed by atoms with Crippen LogP contribution in [0.1, 0.15) is 22.7 Å². The van der Waals surface area contributed by atoms with E-state index in [1.54, 1.807) is 42.5 Å². The lowest BCUT2D eigenvalue weighted by atomic mass is 9.95. The van der Waals surface area contributed by atoms with Gasteiger partial charge in [-0.1, -0.05) is 53.8 Å². The molecule has 1 saturated heterocycles.